The number of urea groups is 1. The van der Waals surface area contributed by atoms with Gasteiger partial charge in [0.05, 0.1) is 5.25 Å². The van der Waals surface area contributed by atoms with Gasteiger partial charge in [0.2, 0.25) is 5.91 Å². The lowest BCUT2D eigenvalue weighted by Gasteiger charge is -2.19. The van der Waals surface area contributed by atoms with Crippen LogP contribution in [0.25, 0.3) is 0 Å². The zero-order chi connectivity index (χ0) is 13.0. The summed E-state index contributed by atoms with van der Waals surface area (Å²) in [6.07, 6.45) is 2.05. The summed E-state index contributed by atoms with van der Waals surface area (Å²) in [5.74, 6) is 0.316. The van der Waals surface area contributed by atoms with Crippen molar-refractivity contribution in [2.24, 2.45) is 5.92 Å². The van der Waals surface area contributed by atoms with Gasteiger partial charge in [0, 0.05) is 11.3 Å². The van der Waals surface area contributed by atoms with E-state index in [0.29, 0.717) is 11.2 Å². The van der Waals surface area contributed by atoms with Crippen LogP contribution in [0.1, 0.15) is 40.5 Å². The van der Waals surface area contributed by atoms with Crippen LogP contribution in [0.5, 0.6) is 0 Å². The van der Waals surface area contributed by atoms with Gasteiger partial charge in [-0.05, 0) is 25.7 Å². The van der Waals surface area contributed by atoms with E-state index in [-0.39, 0.29) is 23.2 Å². The van der Waals surface area contributed by atoms with Gasteiger partial charge in [-0.1, -0.05) is 20.8 Å². The van der Waals surface area contributed by atoms with E-state index in [2.05, 4.69) is 31.4 Å². The van der Waals surface area contributed by atoms with Crippen LogP contribution in [0.4, 0.5) is 4.79 Å². The molecule has 0 bridgehead atoms. The van der Waals surface area contributed by atoms with Crippen molar-refractivity contribution < 1.29 is 9.59 Å². The largest absolute Gasteiger partial charge is 0.335 e. The average molecular weight is 258 g/mol. The van der Waals surface area contributed by atoms with E-state index in [0.717, 1.165) is 12.8 Å². The maximum atomic E-state index is 11.7. The minimum atomic E-state index is -0.359. The topological polar surface area (TPSA) is 58.2 Å². The lowest BCUT2D eigenvalue weighted by Crippen LogP contribution is -2.43. The SMILES string of the molecule is CC(C)[C@H](C)S[C@H](C)C(=O)NC(=O)NC1CC1. The van der Waals surface area contributed by atoms with Crippen LogP contribution in [0, 0.1) is 5.92 Å². The molecule has 17 heavy (non-hydrogen) atoms. The third kappa shape index (κ3) is 5.44. The van der Waals surface area contributed by atoms with Gasteiger partial charge in [0.1, 0.15) is 0 Å². The lowest BCUT2D eigenvalue weighted by atomic mass is 10.2. The summed E-state index contributed by atoms with van der Waals surface area (Å²) in [6, 6.07) is -0.0810. The molecule has 0 aromatic rings. The van der Waals surface area contributed by atoms with E-state index in [1.165, 1.54) is 0 Å². The second kappa shape index (κ2) is 6.28. The predicted octanol–water partition coefficient (Wildman–Crippen LogP) is 2.14. The molecule has 0 aliphatic heterocycles. The van der Waals surface area contributed by atoms with E-state index in [1.807, 2.05) is 6.92 Å². The second-order valence-corrected chi connectivity index (χ2v) is 6.69. The van der Waals surface area contributed by atoms with Crippen molar-refractivity contribution in [3.05, 3.63) is 0 Å². The molecule has 0 aromatic heterocycles. The predicted molar refractivity (Wildman–Crippen MR) is 71.0 cm³/mol. The van der Waals surface area contributed by atoms with Crippen molar-refractivity contribution in [1.29, 1.82) is 0 Å². The molecule has 0 spiro atoms. The highest BCUT2D eigenvalue weighted by Gasteiger charge is 2.25. The molecule has 0 aromatic carbocycles. The zero-order valence-electron chi connectivity index (χ0n) is 10.9. The first kappa shape index (κ1) is 14.4. The summed E-state index contributed by atoms with van der Waals surface area (Å²) in [5, 5.41) is 5.33. The number of rotatable bonds is 5. The Balaban J connectivity index is 2.27. The van der Waals surface area contributed by atoms with Crippen LogP contribution in [0.3, 0.4) is 0 Å². The monoisotopic (exact) mass is 258 g/mol. The quantitative estimate of drug-likeness (QED) is 0.794. The molecule has 1 aliphatic rings. The molecular weight excluding hydrogens is 236 g/mol. The molecule has 1 saturated carbocycles. The van der Waals surface area contributed by atoms with Crippen molar-refractivity contribution in [3.63, 3.8) is 0 Å². The van der Waals surface area contributed by atoms with E-state index < -0.39 is 0 Å². The second-order valence-electron chi connectivity index (χ2n) is 4.96. The van der Waals surface area contributed by atoms with Crippen LogP contribution >= 0.6 is 11.8 Å². The molecule has 1 fully saturated rings. The molecule has 98 valence electrons. The van der Waals surface area contributed by atoms with Crippen molar-refractivity contribution >= 4 is 23.7 Å². The number of amides is 3. The molecule has 2 atom stereocenters. The molecule has 1 rings (SSSR count). The van der Waals surface area contributed by atoms with Gasteiger partial charge in [-0.3, -0.25) is 10.1 Å². The highest BCUT2D eigenvalue weighted by atomic mass is 32.2. The smallest absolute Gasteiger partial charge is 0.321 e. The summed E-state index contributed by atoms with van der Waals surface area (Å²) >= 11 is 1.60. The van der Waals surface area contributed by atoms with Crippen LogP contribution in [0.15, 0.2) is 0 Å². The fraction of sp³-hybridized carbons (Fsp3) is 0.833. The fourth-order valence-corrected chi connectivity index (χ4v) is 2.34. The van der Waals surface area contributed by atoms with Crippen molar-refractivity contribution in [2.75, 3.05) is 0 Å². The minimum Gasteiger partial charge on any atom is -0.335 e. The molecule has 2 N–H and O–H groups in total. The normalized spacial score (nSPS) is 18.6. The Morgan fingerprint density at radius 1 is 1.18 bits per heavy atom. The van der Waals surface area contributed by atoms with Crippen LogP contribution in [-0.2, 0) is 4.79 Å². The Kier molecular flexibility index (Phi) is 5.31. The third-order valence-corrected chi connectivity index (χ3v) is 4.47. The summed E-state index contributed by atoms with van der Waals surface area (Å²) in [4.78, 5) is 23.1. The Morgan fingerprint density at radius 3 is 2.24 bits per heavy atom. The summed E-state index contributed by atoms with van der Waals surface area (Å²) in [5.41, 5.74) is 0. The fourth-order valence-electron chi connectivity index (χ4n) is 1.20. The van der Waals surface area contributed by atoms with E-state index in [4.69, 9.17) is 0 Å². The maximum Gasteiger partial charge on any atom is 0.321 e. The van der Waals surface area contributed by atoms with Gasteiger partial charge in [-0.25, -0.2) is 4.79 Å². The molecule has 0 radical (unpaired) electrons. The number of thioether (sulfide) groups is 1. The van der Waals surface area contributed by atoms with Crippen molar-refractivity contribution in [2.45, 2.75) is 57.1 Å². The van der Waals surface area contributed by atoms with Crippen molar-refractivity contribution in [1.82, 2.24) is 10.6 Å². The highest BCUT2D eigenvalue weighted by Crippen LogP contribution is 2.23. The van der Waals surface area contributed by atoms with Crippen LogP contribution < -0.4 is 10.6 Å². The molecule has 0 saturated heterocycles. The first-order valence-electron chi connectivity index (χ1n) is 6.17. The Labute approximate surface area is 107 Å². The van der Waals surface area contributed by atoms with Gasteiger partial charge >= 0.3 is 6.03 Å². The lowest BCUT2D eigenvalue weighted by molar-refractivity contribution is -0.119. The van der Waals surface area contributed by atoms with Crippen LogP contribution in [-0.4, -0.2) is 28.5 Å². The van der Waals surface area contributed by atoms with Crippen molar-refractivity contribution in [3.8, 4) is 0 Å². The molecule has 0 heterocycles. The number of nitrogens with one attached hydrogen (secondary N) is 2. The number of hydrogen-bond donors (Lipinski definition) is 2. The summed E-state index contributed by atoms with van der Waals surface area (Å²) < 4.78 is 0. The molecule has 3 amide bonds. The van der Waals surface area contributed by atoms with E-state index in [9.17, 15) is 9.59 Å². The number of carbonyl (C=O) groups excluding carboxylic acids is 2. The first-order valence-corrected chi connectivity index (χ1v) is 7.11. The van der Waals surface area contributed by atoms with Crippen LogP contribution in [0.2, 0.25) is 0 Å². The Hall–Kier alpha value is -0.710. The molecule has 1 aliphatic carbocycles. The molecule has 4 nitrogen and oxygen atoms in total. The van der Waals surface area contributed by atoms with E-state index in [1.54, 1.807) is 11.8 Å². The molecule has 0 unspecified atom stereocenters. The van der Waals surface area contributed by atoms with Gasteiger partial charge in [0.15, 0.2) is 0 Å². The zero-order valence-corrected chi connectivity index (χ0v) is 11.8. The minimum absolute atomic E-state index is 0.197. The summed E-state index contributed by atoms with van der Waals surface area (Å²) in [7, 11) is 0. The van der Waals surface area contributed by atoms with Gasteiger partial charge < -0.3 is 5.32 Å². The molecular formula is C12H22N2O2S. The third-order valence-electron chi connectivity index (χ3n) is 2.88. The number of hydrogen-bond acceptors (Lipinski definition) is 3. The Bertz CT molecular complexity index is 290. The number of imide groups is 1. The van der Waals surface area contributed by atoms with E-state index >= 15 is 0 Å². The molecule has 5 heteroatoms. The number of carbonyl (C=O) groups is 2. The standard InChI is InChI=1S/C12H22N2O2S/c1-7(2)8(3)17-9(4)11(15)14-12(16)13-10-5-6-10/h7-10H,5-6H2,1-4H3,(H2,13,14,15,16)/t8-,9+/m0/s1. The maximum absolute atomic E-state index is 11.7. The highest BCUT2D eigenvalue weighted by molar-refractivity contribution is 8.01. The van der Waals surface area contributed by atoms with Gasteiger partial charge in [0.25, 0.3) is 0 Å². The Morgan fingerprint density at radius 2 is 1.76 bits per heavy atom. The van der Waals surface area contributed by atoms with Gasteiger partial charge in [-0.2, -0.15) is 0 Å². The summed E-state index contributed by atoms with van der Waals surface area (Å²) in [6.45, 7) is 8.19. The average Bonchev–Trinajstić information content (AvgIpc) is 3.00. The first-order chi connectivity index (χ1) is 7.90. The van der Waals surface area contributed by atoms with Gasteiger partial charge in [-0.15, -0.1) is 11.8 Å².